The number of rotatable bonds is 3. The molecule has 166 valence electrons. The highest BCUT2D eigenvalue weighted by atomic mass is 31.2. The third-order valence-corrected chi connectivity index (χ3v) is 1.06. The van der Waals surface area contributed by atoms with Crippen LogP contribution in [0.25, 0.3) is 0 Å². The Balaban J connectivity index is -0.0000000235. The smallest absolute Gasteiger partial charge is 0.0737 e. The van der Waals surface area contributed by atoms with Crippen molar-refractivity contribution in [2.75, 3.05) is 19.6 Å². The zero-order chi connectivity index (χ0) is 19.2. The zero-order valence-corrected chi connectivity index (χ0v) is 18.3. The van der Waals surface area contributed by atoms with Crippen molar-refractivity contribution in [3.63, 3.8) is 0 Å². The normalized spacial score (nSPS) is 8.32. The summed E-state index contributed by atoms with van der Waals surface area (Å²) in [7, 11) is -10.8. The first kappa shape index (κ1) is 49.8. The standard InChI is InChI=1S/3C3H9N.3H3N.2H3O4P/c3*1-2-3-4;;;;2*1-5(2,3)4/h3*2-4H2,1H3;3*1H3;2*(H3,1,2,3,4). The van der Waals surface area contributed by atoms with Crippen LogP contribution >= 0.6 is 15.6 Å². The fraction of sp³-hybridized carbons (Fsp3) is 1.00. The molecule has 0 aromatic heterocycles. The lowest BCUT2D eigenvalue weighted by Gasteiger charge is -2.36. The van der Waals surface area contributed by atoms with Gasteiger partial charge in [-0.3, -0.25) is 0 Å². The summed E-state index contributed by atoms with van der Waals surface area (Å²) in [5, 5.41) is 0. The molecular weight excluding hydrogens is 382 g/mol. The first-order valence-electron chi connectivity index (χ1n) is 6.58. The highest BCUT2D eigenvalue weighted by Crippen LogP contribution is 2.03. The molecule has 0 fully saturated rings. The highest BCUT2D eigenvalue weighted by molar-refractivity contribution is 7.40. The summed E-state index contributed by atoms with van der Waals surface area (Å²) in [4.78, 5) is 51.3. The van der Waals surface area contributed by atoms with Gasteiger partial charge in [0, 0.05) is 0 Å². The molecule has 0 atom stereocenters. The van der Waals surface area contributed by atoms with Gasteiger partial charge in [-0.25, -0.2) is 0 Å². The number of phosphoric acid groups is 2. The molecule has 0 heterocycles. The van der Waals surface area contributed by atoms with Crippen LogP contribution in [0.2, 0.25) is 0 Å². The van der Waals surface area contributed by atoms with Crippen LogP contribution in [0.15, 0.2) is 0 Å². The van der Waals surface area contributed by atoms with E-state index < -0.39 is 15.6 Å². The Bertz CT molecular complexity index is 214. The van der Waals surface area contributed by atoms with E-state index in [0.29, 0.717) is 0 Å². The molecule has 0 radical (unpaired) electrons. The molecule has 0 aromatic rings. The highest BCUT2D eigenvalue weighted by Gasteiger charge is 1.60. The summed E-state index contributed by atoms with van der Waals surface area (Å²) in [5.74, 6) is 0. The second-order valence-electron chi connectivity index (χ2n) is 3.46. The van der Waals surface area contributed by atoms with E-state index in [4.69, 9.17) is 38.5 Å². The van der Waals surface area contributed by atoms with Crippen molar-refractivity contribution >= 4 is 15.6 Å². The van der Waals surface area contributed by atoms with Crippen molar-refractivity contribution < 1.29 is 55.7 Å². The first-order chi connectivity index (χ1) is 9.74. The predicted octanol–water partition coefficient (Wildman–Crippen LogP) is -5.61. The average Bonchev–Trinajstić information content (AvgIpc) is 2.35. The van der Waals surface area contributed by atoms with Gasteiger partial charge in [-0.2, -0.15) is 15.6 Å². The van der Waals surface area contributed by atoms with Crippen LogP contribution in [0, 0.1) is 0 Å². The van der Waals surface area contributed by atoms with Crippen molar-refractivity contribution in [3.05, 3.63) is 0 Å². The van der Waals surface area contributed by atoms with Crippen molar-refractivity contribution in [2.45, 2.75) is 40.0 Å². The van der Waals surface area contributed by atoms with E-state index in [-0.39, 0.29) is 18.5 Å². The van der Waals surface area contributed by atoms with Crippen LogP contribution in [0.5, 0.6) is 0 Å². The third kappa shape index (κ3) is 1300. The van der Waals surface area contributed by atoms with E-state index in [1.54, 1.807) is 0 Å². The lowest BCUT2D eigenvalue weighted by atomic mass is 10.5. The molecule has 0 aliphatic carbocycles. The van der Waals surface area contributed by atoms with E-state index in [2.05, 4.69) is 38.0 Å². The monoisotopic (exact) mass is 424 g/mol. The van der Waals surface area contributed by atoms with Gasteiger partial charge in [-0.1, -0.05) is 20.8 Å². The maximum atomic E-state index is 8.55. The van der Waals surface area contributed by atoms with Gasteiger partial charge in [0.1, 0.15) is 0 Å². The van der Waals surface area contributed by atoms with Crippen LogP contribution in [0.3, 0.4) is 0 Å². The van der Waals surface area contributed by atoms with Crippen molar-refractivity contribution in [3.8, 4) is 0 Å². The van der Waals surface area contributed by atoms with E-state index >= 15 is 0 Å². The predicted molar refractivity (Wildman–Crippen MR) is 87.3 cm³/mol. The second kappa shape index (κ2) is 39.2. The Labute approximate surface area is 150 Å². The van der Waals surface area contributed by atoms with Crippen molar-refractivity contribution in [1.82, 2.24) is 18.5 Å². The molecule has 0 rings (SSSR count). The molecule has 0 unspecified atom stereocenters. The van der Waals surface area contributed by atoms with Gasteiger partial charge in [0.05, 0.1) is 19.6 Å². The second-order valence-corrected chi connectivity index (χ2v) is 5.24. The van der Waals surface area contributed by atoms with E-state index in [1.165, 1.54) is 19.3 Å². The summed E-state index contributed by atoms with van der Waals surface area (Å²) < 4.78 is 17.1. The molecule has 0 amide bonds. The van der Waals surface area contributed by atoms with E-state index in [0.717, 1.165) is 19.6 Å². The molecule has 0 spiro atoms. The third-order valence-electron chi connectivity index (χ3n) is 1.06. The van der Waals surface area contributed by atoms with Gasteiger partial charge in [-0.05, 0) is 19.3 Å². The molecule has 0 bridgehead atoms. The first-order valence-corrected chi connectivity index (χ1v) is 9.50. The maximum absolute atomic E-state index is 8.55. The molecule has 0 aromatic carbocycles. The lowest BCUT2D eigenvalue weighted by Crippen LogP contribution is -2.49. The Morgan fingerprint density at radius 1 is 0.560 bits per heavy atom. The SMILES string of the molecule is CCC[NH3+].CCC[NH3+].CCC[NH3+].O=P([O-])([O-])[O-].O=P([O-])([O-])[O-].[NH4+].[NH4+].[NH4+]. The Morgan fingerprint density at radius 3 is 0.600 bits per heavy atom. The van der Waals surface area contributed by atoms with Crippen LogP contribution < -0.4 is 65.0 Å². The number of quaternary nitrogens is 6. The molecule has 21 N–H and O–H groups in total. The van der Waals surface area contributed by atoms with Crippen LogP contribution in [0.4, 0.5) is 0 Å². The summed E-state index contributed by atoms with van der Waals surface area (Å²) in [5.41, 5.74) is 10.8. The van der Waals surface area contributed by atoms with E-state index in [1.807, 2.05) is 0 Å². The molecule has 0 aliphatic rings. The Morgan fingerprint density at radius 2 is 0.600 bits per heavy atom. The minimum Gasteiger partial charge on any atom is -0.822 e. The Hall–Kier alpha value is -0.0200. The van der Waals surface area contributed by atoms with Crippen LogP contribution in [-0.4, -0.2) is 19.6 Å². The Kier molecular flexibility index (Phi) is 78.1. The van der Waals surface area contributed by atoms with Crippen molar-refractivity contribution in [2.24, 2.45) is 0 Å². The largest absolute Gasteiger partial charge is 0.822 e. The minimum absolute atomic E-state index is 0. The quantitative estimate of drug-likeness (QED) is 0.236. The molecule has 16 heteroatoms. The summed E-state index contributed by atoms with van der Waals surface area (Å²) in [6.07, 6.45) is 3.63. The topological polar surface area (TPSA) is 365 Å². The summed E-state index contributed by atoms with van der Waals surface area (Å²) in [6.45, 7) is 9.56. The van der Waals surface area contributed by atoms with Crippen LogP contribution in [-0.2, 0) is 9.13 Å². The molecule has 25 heavy (non-hydrogen) atoms. The van der Waals surface area contributed by atoms with Gasteiger partial charge >= 0.3 is 0 Å². The van der Waals surface area contributed by atoms with Gasteiger partial charge in [0.25, 0.3) is 0 Å². The van der Waals surface area contributed by atoms with Gasteiger partial charge < -0.3 is 74.1 Å². The van der Waals surface area contributed by atoms with Crippen molar-refractivity contribution in [1.29, 1.82) is 0 Å². The lowest BCUT2D eigenvalue weighted by molar-refractivity contribution is -0.434. The average molecular weight is 424 g/mol. The van der Waals surface area contributed by atoms with Gasteiger partial charge in [0.2, 0.25) is 0 Å². The molecule has 0 aliphatic heterocycles. The summed E-state index contributed by atoms with van der Waals surface area (Å²) in [6, 6.07) is 0. The van der Waals surface area contributed by atoms with Gasteiger partial charge in [-0.15, -0.1) is 0 Å². The minimum atomic E-state index is -5.39. The van der Waals surface area contributed by atoms with Gasteiger partial charge in [0.15, 0.2) is 0 Å². The number of hydrogen-bond acceptors (Lipinski definition) is 8. The van der Waals surface area contributed by atoms with E-state index in [9.17, 15) is 0 Å². The van der Waals surface area contributed by atoms with Crippen LogP contribution in [0.1, 0.15) is 40.0 Å². The molecule has 14 nitrogen and oxygen atoms in total. The molecular formula is C9H42N6O8P2. The number of hydrogen-bond donors (Lipinski definition) is 6. The summed E-state index contributed by atoms with van der Waals surface area (Å²) >= 11 is 0. The fourth-order valence-electron chi connectivity index (χ4n) is 0. The molecule has 0 saturated carbocycles. The zero-order valence-electron chi connectivity index (χ0n) is 16.5. The maximum Gasteiger partial charge on any atom is 0.0737 e. The molecule has 0 saturated heterocycles. The fourth-order valence-corrected chi connectivity index (χ4v) is 0.